The van der Waals surface area contributed by atoms with Crippen LogP contribution < -0.4 is 10.1 Å². The summed E-state index contributed by atoms with van der Waals surface area (Å²) in [6, 6.07) is 17.2. The number of carbonyl (C=O) groups excluding carboxylic acids is 1. The van der Waals surface area contributed by atoms with Gasteiger partial charge in [0, 0.05) is 18.0 Å². The lowest BCUT2D eigenvalue weighted by atomic mass is 10.2. The summed E-state index contributed by atoms with van der Waals surface area (Å²) in [4.78, 5) is 21.8. The van der Waals surface area contributed by atoms with Crippen LogP contribution in [0.25, 0.3) is 15.9 Å². The van der Waals surface area contributed by atoms with E-state index in [1.807, 2.05) is 61.0 Å². The van der Waals surface area contributed by atoms with Crippen LogP contribution in [0.5, 0.6) is 5.75 Å². The second kappa shape index (κ2) is 7.85. The minimum atomic E-state index is -0.218. The predicted molar refractivity (Wildman–Crippen MR) is 123 cm³/mol. The number of aryl methyl sites for hydroxylation is 2. The van der Waals surface area contributed by atoms with Gasteiger partial charge >= 0.3 is 0 Å². The van der Waals surface area contributed by atoms with Crippen molar-refractivity contribution in [3.8, 4) is 5.75 Å². The van der Waals surface area contributed by atoms with Crippen molar-refractivity contribution in [2.24, 2.45) is 0 Å². The first-order valence-corrected chi connectivity index (χ1v) is 10.7. The molecule has 1 amide bonds. The molecule has 5 aromatic rings. The molecule has 6 nitrogen and oxygen atoms in total. The fourth-order valence-corrected chi connectivity index (χ4v) is 4.32. The summed E-state index contributed by atoms with van der Waals surface area (Å²) in [5.74, 6) is 0.394. The summed E-state index contributed by atoms with van der Waals surface area (Å²) in [7, 11) is 0. The molecule has 0 saturated carbocycles. The molecule has 0 aliphatic carbocycles. The predicted octanol–water partition coefficient (Wildman–Crippen LogP) is 5.39. The van der Waals surface area contributed by atoms with Crippen LogP contribution in [0.4, 0.5) is 5.13 Å². The highest BCUT2D eigenvalue weighted by Gasteiger charge is 2.11. The normalized spacial score (nSPS) is 11.2. The molecular weight excluding hydrogens is 408 g/mol. The molecule has 0 saturated heterocycles. The number of pyridine rings is 1. The SMILES string of the molecule is Cc1ccc2nc(NC(=O)c3cccc(OCc4cn5cc(C)ccc5n4)c3)sc2c1. The van der Waals surface area contributed by atoms with E-state index >= 15 is 0 Å². The van der Waals surface area contributed by atoms with Crippen molar-refractivity contribution >= 4 is 38.2 Å². The van der Waals surface area contributed by atoms with Gasteiger partial charge in [0.2, 0.25) is 0 Å². The number of rotatable bonds is 5. The molecule has 0 atom stereocenters. The molecule has 2 aromatic carbocycles. The van der Waals surface area contributed by atoms with Gasteiger partial charge in [0.25, 0.3) is 5.91 Å². The number of nitrogens with one attached hydrogen (secondary N) is 1. The zero-order chi connectivity index (χ0) is 21.4. The number of amides is 1. The first kappa shape index (κ1) is 19.3. The van der Waals surface area contributed by atoms with E-state index in [2.05, 4.69) is 21.4 Å². The van der Waals surface area contributed by atoms with Gasteiger partial charge in [-0.2, -0.15) is 0 Å². The maximum Gasteiger partial charge on any atom is 0.257 e. The maximum atomic E-state index is 12.7. The maximum absolute atomic E-state index is 12.7. The average molecular weight is 429 g/mol. The summed E-state index contributed by atoms with van der Waals surface area (Å²) >= 11 is 1.46. The van der Waals surface area contributed by atoms with Crippen LogP contribution in [0.15, 0.2) is 67.0 Å². The number of hydrogen-bond donors (Lipinski definition) is 1. The Morgan fingerprint density at radius 3 is 2.81 bits per heavy atom. The third kappa shape index (κ3) is 4.13. The van der Waals surface area contributed by atoms with Crippen molar-refractivity contribution in [3.63, 3.8) is 0 Å². The van der Waals surface area contributed by atoms with Gasteiger partial charge in [0.05, 0.1) is 15.9 Å². The van der Waals surface area contributed by atoms with Gasteiger partial charge in [-0.1, -0.05) is 29.5 Å². The highest BCUT2D eigenvalue weighted by molar-refractivity contribution is 7.22. The van der Waals surface area contributed by atoms with Crippen molar-refractivity contribution in [1.82, 2.24) is 14.4 Å². The number of benzene rings is 2. The zero-order valence-corrected chi connectivity index (χ0v) is 17.9. The highest BCUT2D eigenvalue weighted by atomic mass is 32.1. The highest BCUT2D eigenvalue weighted by Crippen LogP contribution is 2.27. The second-order valence-electron chi connectivity index (χ2n) is 7.46. The Kier molecular flexibility index (Phi) is 4.88. The summed E-state index contributed by atoms with van der Waals surface area (Å²) in [5.41, 5.74) is 5.43. The number of imidazole rings is 1. The van der Waals surface area contributed by atoms with E-state index in [0.29, 0.717) is 23.1 Å². The number of ether oxygens (including phenoxy) is 1. The van der Waals surface area contributed by atoms with Gasteiger partial charge in [0.1, 0.15) is 18.0 Å². The zero-order valence-electron chi connectivity index (χ0n) is 17.1. The van der Waals surface area contributed by atoms with E-state index in [1.54, 1.807) is 18.2 Å². The van der Waals surface area contributed by atoms with Gasteiger partial charge < -0.3 is 9.14 Å². The van der Waals surface area contributed by atoms with Crippen LogP contribution in [0.1, 0.15) is 27.2 Å². The van der Waals surface area contributed by atoms with Gasteiger partial charge in [-0.05, 0) is 61.4 Å². The largest absolute Gasteiger partial charge is 0.487 e. The summed E-state index contributed by atoms with van der Waals surface area (Å²) in [6.45, 7) is 4.40. The van der Waals surface area contributed by atoms with Crippen LogP contribution in [0, 0.1) is 13.8 Å². The van der Waals surface area contributed by atoms with Crippen molar-refractivity contribution in [2.45, 2.75) is 20.5 Å². The molecule has 0 fully saturated rings. The van der Waals surface area contributed by atoms with Gasteiger partial charge in [0.15, 0.2) is 5.13 Å². The molecule has 31 heavy (non-hydrogen) atoms. The number of fused-ring (bicyclic) bond motifs is 2. The van der Waals surface area contributed by atoms with Gasteiger partial charge in [-0.25, -0.2) is 9.97 Å². The summed E-state index contributed by atoms with van der Waals surface area (Å²) < 4.78 is 8.92. The first-order chi connectivity index (χ1) is 15.0. The van der Waals surface area contributed by atoms with Gasteiger partial charge in [-0.15, -0.1) is 0 Å². The lowest BCUT2D eigenvalue weighted by Gasteiger charge is -2.06. The molecular formula is C24H20N4O2S. The Morgan fingerprint density at radius 1 is 1.03 bits per heavy atom. The van der Waals surface area contributed by atoms with E-state index in [9.17, 15) is 4.79 Å². The Balaban J connectivity index is 1.28. The number of thiazole rings is 1. The molecule has 0 aliphatic rings. The lowest BCUT2D eigenvalue weighted by molar-refractivity contribution is 0.102. The molecule has 5 rings (SSSR count). The number of nitrogens with zero attached hydrogens (tertiary/aromatic N) is 3. The molecule has 1 N–H and O–H groups in total. The van der Waals surface area contributed by atoms with Crippen molar-refractivity contribution in [3.05, 3.63) is 89.4 Å². The average Bonchev–Trinajstić information content (AvgIpc) is 3.34. The van der Waals surface area contributed by atoms with E-state index in [4.69, 9.17) is 4.74 Å². The van der Waals surface area contributed by atoms with Crippen molar-refractivity contribution in [1.29, 1.82) is 0 Å². The van der Waals surface area contributed by atoms with Crippen LogP contribution in [-0.2, 0) is 6.61 Å². The molecule has 0 aliphatic heterocycles. The van der Waals surface area contributed by atoms with E-state index in [1.165, 1.54) is 22.5 Å². The number of carbonyl (C=O) groups is 1. The molecule has 0 radical (unpaired) electrons. The number of anilines is 1. The summed E-state index contributed by atoms with van der Waals surface area (Å²) in [5, 5.41) is 3.47. The molecule has 7 heteroatoms. The van der Waals surface area contributed by atoms with Crippen LogP contribution in [-0.4, -0.2) is 20.3 Å². The van der Waals surface area contributed by atoms with E-state index in [-0.39, 0.29) is 5.91 Å². The molecule has 3 aromatic heterocycles. The second-order valence-corrected chi connectivity index (χ2v) is 8.50. The van der Waals surface area contributed by atoms with Gasteiger partial charge in [-0.3, -0.25) is 10.1 Å². The van der Waals surface area contributed by atoms with Crippen LogP contribution >= 0.6 is 11.3 Å². The third-order valence-electron chi connectivity index (χ3n) is 4.90. The van der Waals surface area contributed by atoms with Crippen LogP contribution in [0.3, 0.4) is 0 Å². The molecule has 0 unspecified atom stereocenters. The first-order valence-electron chi connectivity index (χ1n) is 9.89. The van der Waals surface area contributed by atoms with E-state index in [0.717, 1.165) is 21.6 Å². The minimum absolute atomic E-state index is 0.218. The van der Waals surface area contributed by atoms with Crippen molar-refractivity contribution in [2.75, 3.05) is 5.32 Å². The monoisotopic (exact) mass is 428 g/mol. The van der Waals surface area contributed by atoms with Crippen LogP contribution in [0.2, 0.25) is 0 Å². The Labute approximate surface area is 183 Å². The smallest absolute Gasteiger partial charge is 0.257 e. The third-order valence-corrected chi connectivity index (χ3v) is 5.83. The Morgan fingerprint density at radius 2 is 1.90 bits per heavy atom. The Bertz CT molecular complexity index is 1420. The minimum Gasteiger partial charge on any atom is -0.487 e. The Hall–Kier alpha value is -3.71. The molecule has 154 valence electrons. The standard InChI is InChI=1S/C24H20N4O2S/c1-15-6-8-20-21(10-15)31-24(26-20)27-23(29)17-4-3-5-19(11-17)30-14-18-13-28-12-16(2)7-9-22(28)25-18/h3-13H,14H2,1-2H3,(H,26,27,29). The lowest BCUT2D eigenvalue weighted by Crippen LogP contribution is -2.11. The fourth-order valence-electron chi connectivity index (χ4n) is 3.36. The molecule has 0 spiro atoms. The topological polar surface area (TPSA) is 68.5 Å². The molecule has 0 bridgehead atoms. The summed E-state index contributed by atoms with van der Waals surface area (Å²) in [6.07, 6.45) is 3.98. The fraction of sp³-hybridized carbons (Fsp3) is 0.125. The van der Waals surface area contributed by atoms with Crippen molar-refractivity contribution < 1.29 is 9.53 Å². The quantitative estimate of drug-likeness (QED) is 0.407. The van der Waals surface area contributed by atoms with E-state index < -0.39 is 0 Å². The number of aromatic nitrogens is 3. The molecule has 3 heterocycles. The number of hydrogen-bond acceptors (Lipinski definition) is 5.